The van der Waals surface area contributed by atoms with Gasteiger partial charge in [0, 0.05) is 18.2 Å². The average molecular weight is 278 g/mol. The van der Waals surface area contributed by atoms with Gasteiger partial charge in [-0.3, -0.25) is 0 Å². The fraction of sp³-hybridized carbons (Fsp3) is 0.636. The third-order valence-corrected chi connectivity index (χ3v) is 2.87. The predicted octanol–water partition coefficient (Wildman–Crippen LogP) is 2.04. The maximum Gasteiger partial charge on any atom is 0.451 e. The molecule has 0 saturated carbocycles. The number of alkyl halides is 3. The lowest BCUT2D eigenvalue weighted by Crippen LogP contribution is -2.35. The molecule has 0 radical (unpaired) electrons. The lowest BCUT2D eigenvalue weighted by Gasteiger charge is -2.29. The maximum atomic E-state index is 12.6. The zero-order chi connectivity index (χ0) is 14.7. The van der Waals surface area contributed by atoms with Crippen molar-refractivity contribution in [1.82, 2.24) is 9.97 Å². The van der Waals surface area contributed by atoms with E-state index in [0.717, 1.165) is 0 Å². The van der Waals surface area contributed by atoms with Gasteiger partial charge in [-0.25, -0.2) is 9.97 Å². The Hall–Kier alpha value is -1.57. The molecule has 0 aliphatic rings. The van der Waals surface area contributed by atoms with Crippen LogP contribution in [0.25, 0.3) is 0 Å². The van der Waals surface area contributed by atoms with E-state index in [0.29, 0.717) is 12.8 Å². The molecule has 8 heteroatoms. The van der Waals surface area contributed by atoms with Crippen LogP contribution in [0, 0.1) is 0 Å². The van der Waals surface area contributed by atoms with Crippen LogP contribution in [0.2, 0.25) is 0 Å². The van der Waals surface area contributed by atoms with Crippen LogP contribution in [0.15, 0.2) is 6.07 Å². The van der Waals surface area contributed by atoms with E-state index in [-0.39, 0.29) is 18.2 Å². The molecule has 0 spiro atoms. The summed E-state index contributed by atoms with van der Waals surface area (Å²) in [5.41, 5.74) is 4.79. The molecule has 1 aromatic heterocycles. The van der Waals surface area contributed by atoms with Gasteiger partial charge in [-0.2, -0.15) is 13.2 Å². The number of halogens is 3. The molecule has 0 aliphatic heterocycles. The van der Waals surface area contributed by atoms with Crippen molar-refractivity contribution in [3.8, 4) is 0 Å². The van der Waals surface area contributed by atoms with Crippen LogP contribution in [0.5, 0.6) is 0 Å². The first-order chi connectivity index (χ1) is 8.70. The highest BCUT2D eigenvalue weighted by Gasteiger charge is 2.35. The summed E-state index contributed by atoms with van der Waals surface area (Å²) in [4.78, 5) is 6.57. The van der Waals surface area contributed by atoms with Gasteiger partial charge in [0.15, 0.2) is 0 Å². The van der Waals surface area contributed by atoms with Crippen LogP contribution in [-0.2, 0) is 6.18 Å². The Morgan fingerprint density at radius 3 is 2.47 bits per heavy atom. The Kier molecular flexibility index (Phi) is 4.56. The molecule has 0 bridgehead atoms. The molecule has 5 nitrogen and oxygen atoms in total. The molecule has 0 aliphatic carbocycles. The largest absolute Gasteiger partial charge is 0.451 e. The van der Waals surface area contributed by atoms with Gasteiger partial charge in [-0.1, -0.05) is 6.92 Å². The fourth-order valence-corrected chi connectivity index (χ4v) is 1.54. The van der Waals surface area contributed by atoms with E-state index in [1.807, 2.05) is 6.92 Å². The highest BCUT2D eigenvalue weighted by molar-refractivity contribution is 5.46. The Morgan fingerprint density at radius 2 is 2.00 bits per heavy atom. The SMILES string of the molecule is CCC(C)(CCO)Nc1cc(N)nc(C(F)(F)F)n1. The number of rotatable bonds is 5. The molecule has 0 fully saturated rings. The summed E-state index contributed by atoms with van der Waals surface area (Å²) in [7, 11) is 0. The molecular weight excluding hydrogens is 261 g/mol. The number of aliphatic hydroxyl groups excluding tert-OH is 1. The normalized spacial score (nSPS) is 15.1. The molecule has 1 rings (SSSR count). The lowest BCUT2D eigenvalue weighted by atomic mass is 9.95. The lowest BCUT2D eigenvalue weighted by molar-refractivity contribution is -0.144. The van der Waals surface area contributed by atoms with Crippen molar-refractivity contribution in [1.29, 1.82) is 0 Å². The zero-order valence-electron chi connectivity index (χ0n) is 10.8. The number of nitrogens with one attached hydrogen (secondary N) is 1. The van der Waals surface area contributed by atoms with Crippen molar-refractivity contribution < 1.29 is 18.3 Å². The van der Waals surface area contributed by atoms with Crippen molar-refractivity contribution in [2.45, 2.75) is 38.4 Å². The number of nitrogen functional groups attached to an aromatic ring is 1. The van der Waals surface area contributed by atoms with Gasteiger partial charge in [0.1, 0.15) is 11.6 Å². The maximum absolute atomic E-state index is 12.6. The standard InChI is InChI=1S/C11H17F3N4O/c1-3-10(2,4-5-19)18-8-6-7(15)16-9(17-8)11(12,13)14/h6,19H,3-5H2,1-2H3,(H3,15,16,17,18). The number of nitrogens with zero attached hydrogens (tertiary/aromatic N) is 2. The quantitative estimate of drug-likeness (QED) is 0.767. The van der Waals surface area contributed by atoms with E-state index in [9.17, 15) is 13.2 Å². The van der Waals surface area contributed by atoms with Gasteiger partial charge in [0.25, 0.3) is 0 Å². The van der Waals surface area contributed by atoms with Gasteiger partial charge in [-0.15, -0.1) is 0 Å². The first kappa shape index (κ1) is 15.5. The molecular formula is C11H17F3N4O. The van der Waals surface area contributed by atoms with Crippen LogP contribution >= 0.6 is 0 Å². The molecule has 1 unspecified atom stereocenters. The van der Waals surface area contributed by atoms with E-state index in [4.69, 9.17) is 10.8 Å². The summed E-state index contributed by atoms with van der Waals surface area (Å²) >= 11 is 0. The minimum Gasteiger partial charge on any atom is -0.396 e. The van der Waals surface area contributed by atoms with Crippen LogP contribution < -0.4 is 11.1 Å². The van der Waals surface area contributed by atoms with Gasteiger partial charge < -0.3 is 16.2 Å². The molecule has 1 atom stereocenters. The van der Waals surface area contributed by atoms with Crippen molar-refractivity contribution in [2.75, 3.05) is 17.7 Å². The van der Waals surface area contributed by atoms with Crippen LogP contribution in [-0.4, -0.2) is 27.2 Å². The van der Waals surface area contributed by atoms with Crippen molar-refractivity contribution in [3.05, 3.63) is 11.9 Å². The van der Waals surface area contributed by atoms with Gasteiger partial charge in [-0.05, 0) is 19.8 Å². The second-order valence-corrected chi connectivity index (χ2v) is 4.51. The molecule has 4 N–H and O–H groups in total. The van der Waals surface area contributed by atoms with Gasteiger partial charge in [0.05, 0.1) is 0 Å². The summed E-state index contributed by atoms with van der Waals surface area (Å²) in [5, 5.41) is 11.8. The summed E-state index contributed by atoms with van der Waals surface area (Å²) in [6.07, 6.45) is -3.65. The molecule has 108 valence electrons. The third-order valence-electron chi connectivity index (χ3n) is 2.87. The smallest absolute Gasteiger partial charge is 0.396 e. The second kappa shape index (κ2) is 5.60. The Labute approximate surface area is 109 Å². The van der Waals surface area contributed by atoms with Gasteiger partial charge >= 0.3 is 6.18 Å². The first-order valence-corrected chi connectivity index (χ1v) is 5.81. The molecule has 0 saturated heterocycles. The molecule has 1 aromatic rings. The number of hydrogen-bond acceptors (Lipinski definition) is 5. The van der Waals surface area contributed by atoms with E-state index >= 15 is 0 Å². The van der Waals surface area contributed by atoms with Crippen LogP contribution in [0.3, 0.4) is 0 Å². The summed E-state index contributed by atoms with van der Waals surface area (Å²) in [6, 6.07) is 1.24. The Bertz CT molecular complexity index is 438. The third kappa shape index (κ3) is 4.23. The van der Waals surface area contributed by atoms with E-state index in [2.05, 4.69) is 15.3 Å². The summed E-state index contributed by atoms with van der Waals surface area (Å²) in [6.45, 7) is 3.57. The van der Waals surface area contributed by atoms with Crippen molar-refractivity contribution in [3.63, 3.8) is 0 Å². The fourth-order valence-electron chi connectivity index (χ4n) is 1.54. The highest BCUT2D eigenvalue weighted by Crippen LogP contribution is 2.29. The predicted molar refractivity (Wildman–Crippen MR) is 65.5 cm³/mol. The van der Waals surface area contributed by atoms with E-state index < -0.39 is 17.5 Å². The minimum absolute atomic E-state index is 0.00220. The zero-order valence-corrected chi connectivity index (χ0v) is 10.8. The minimum atomic E-state index is -4.65. The second-order valence-electron chi connectivity index (χ2n) is 4.51. The van der Waals surface area contributed by atoms with Crippen molar-refractivity contribution in [2.24, 2.45) is 0 Å². The summed E-state index contributed by atoms with van der Waals surface area (Å²) < 4.78 is 37.7. The number of aromatic nitrogens is 2. The van der Waals surface area contributed by atoms with E-state index in [1.54, 1.807) is 6.92 Å². The number of hydrogen-bond donors (Lipinski definition) is 3. The molecule has 0 aromatic carbocycles. The number of aliphatic hydroxyl groups is 1. The van der Waals surface area contributed by atoms with Crippen LogP contribution in [0.4, 0.5) is 24.8 Å². The Balaban J connectivity index is 3.04. The monoisotopic (exact) mass is 278 g/mol. The first-order valence-electron chi connectivity index (χ1n) is 5.81. The highest BCUT2D eigenvalue weighted by atomic mass is 19.4. The topological polar surface area (TPSA) is 84.1 Å². The molecule has 1 heterocycles. The van der Waals surface area contributed by atoms with Crippen molar-refractivity contribution >= 4 is 11.6 Å². The summed E-state index contributed by atoms with van der Waals surface area (Å²) in [5.74, 6) is -1.54. The van der Waals surface area contributed by atoms with Crippen LogP contribution in [0.1, 0.15) is 32.5 Å². The number of anilines is 2. The van der Waals surface area contributed by atoms with Gasteiger partial charge in [0.2, 0.25) is 5.82 Å². The average Bonchev–Trinajstić information content (AvgIpc) is 2.27. The van der Waals surface area contributed by atoms with E-state index in [1.165, 1.54) is 6.07 Å². The Morgan fingerprint density at radius 1 is 1.37 bits per heavy atom. The number of nitrogens with two attached hydrogens (primary N) is 1. The molecule has 19 heavy (non-hydrogen) atoms. The molecule has 0 amide bonds.